The summed E-state index contributed by atoms with van der Waals surface area (Å²) in [5, 5.41) is 5.17. The third-order valence-corrected chi connectivity index (χ3v) is 2.90. The zero-order valence-corrected chi connectivity index (χ0v) is 10.8. The van der Waals surface area contributed by atoms with E-state index in [1.54, 1.807) is 32.0 Å². The lowest BCUT2D eigenvalue weighted by Gasteiger charge is -2.16. The predicted molar refractivity (Wildman–Crippen MR) is 71.0 cm³/mol. The highest BCUT2D eigenvalue weighted by molar-refractivity contribution is 6.20. The van der Waals surface area contributed by atoms with Gasteiger partial charge in [-0.25, -0.2) is 9.69 Å². The van der Waals surface area contributed by atoms with Crippen LogP contribution in [0, 0.1) is 6.92 Å². The van der Waals surface area contributed by atoms with E-state index in [-0.39, 0.29) is 18.4 Å². The van der Waals surface area contributed by atoms with Gasteiger partial charge in [0.25, 0.3) is 5.91 Å². The molecule has 6 nitrogen and oxygen atoms in total. The average Bonchev–Trinajstić information content (AvgIpc) is 2.71. The van der Waals surface area contributed by atoms with Crippen LogP contribution in [0.2, 0.25) is 0 Å². The number of carbonyl (C=O) groups excluding carboxylic acids is 3. The first-order valence-corrected chi connectivity index (χ1v) is 6.04. The molecule has 6 heteroatoms. The van der Waals surface area contributed by atoms with Crippen LogP contribution in [0.25, 0.3) is 0 Å². The van der Waals surface area contributed by atoms with Crippen LogP contribution in [-0.4, -0.2) is 24.4 Å². The van der Waals surface area contributed by atoms with Crippen molar-refractivity contribution in [3.63, 3.8) is 0 Å². The van der Waals surface area contributed by atoms with Crippen molar-refractivity contribution in [2.75, 3.05) is 16.8 Å². The number of anilines is 2. The molecule has 1 fully saturated rings. The van der Waals surface area contributed by atoms with Crippen molar-refractivity contribution >= 4 is 29.2 Å². The topological polar surface area (TPSA) is 78.5 Å². The molecule has 100 valence electrons. The van der Waals surface area contributed by atoms with Crippen LogP contribution >= 0.6 is 0 Å². The number of nitrogens with zero attached hydrogens (tertiary/aromatic N) is 1. The standard InChI is InChI=1S/C13H15N3O3/c1-3-11(17)15-9-5-4-8(2)10(6-9)16-12(18)7-14-13(16)19/h4-6H,3,7H2,1-2H3,(H,14,19)(H,15,17). The van der Waals surface area contributed by atoms with Crippen molar-refractivity contribution in [1.82, 2.24) is 5.32 Å². The van der Waals surface area contributed by atoms with E-state index < -0.39 is 6.03 Å². The zero-order chi connectivity index (χ0) is 14.0. The number of rotatable bonds is 3. The van der Waals surface area contributed by atoms with E-state index in [0.29, 0.717) is 17.8 Å². The van der Waals surface area contributed by atoms with Gasteiger partial charge in [-0.05, 0) is 24.6 Å². The van der Waals surface area contributed by atoms with Gasteiger partial charge in [0.15, 0.2) is 0 Å². The summed E-state index contributed by atoms with van der Waals surface area (Å²) < 4.78 is 0. The van der Waals surface area contributed by atoms with Crippen molar-refractivity contribution in [1.29, 1.82) is 0 Å². The quantitative estimate of drug-likeness (QED) is 0.807. The molecule has 1 aromatic carbocycles. The summed E-state index contributed by atoms with van der Waals surface area (Å²) in [6, 6.07) is 4.70. The van der Waals surface area contributed by atoms with E-state index in [1.165, 1.54) is 0 Å². The van der Waals surface area contributed by atoms with E-state index in [1.807, 2.05) is 0 Å². The van der Waals surface area contributed by atoms with Crippen LogP contribution in [0.15, 0.2) is 18.2 Å². The molecule has 0 radical (unpaired) electrons. The summed E-state index contributed by atoms with van der Waals surface area (Å²) in [5.41, 5.74) is 1.86. The molecule has 1 saturated heterocycles. The Kier molecular flexibility index (Phi) is 3.50. The lowest BCUT2D eigenvalue weighted by atomic mass is 10.1. The van der Waals surface area contributed by atoms with Gasteiger partial charge in [-0.1, -0.05) is 13.0 Å². The van der Waals surface area contributed by atoms with Crippen LogP contribution < -0.4 is 15.5 Å². The summed E-state index contributed by atoms with van der Waals surface area (Å²) in [6.45, 7) is 3.56. The van der Waals surface area contributed by atoms with Crippen molar-refractivity contribution in [2.45, 2.75) is 20.3 Å². The average molecular weight is 261 g/mol. The minimum atomic E-state index is -0.438. The minimum absolute atomic E-state index is 0.00379. The van der Waals surface area contributed by atoms with Crippen LogP contribution in [0.3, 0.4) is 0 Å². The number of aryl methyl sites for hydroxylation is 1. The number of imide groups is 1. The van der Waals surface area contributed by atoms with Crippen molar-refractivity contribution in [2.24, 2.45) is 0 Å². The molecule has 2 rings (SSSR count). The molecule has 1 aromatic rings. The molecule has 0 spiro atoms. The Balaban J connectivity index is 2.34. The highest BCUT2D eigenvalue weighted by Gasteiger charge is 2.31. The predicted octanol–water partition coefficient (Wildman–Crippen LogP) is 1.40. The normalized spacial score (nSPS) is 14.5. The third kappa shape index (κ3) is 2.57. The van der Waals surface area contributed by atoms with Crippen molar-refractivity contribution in [3.05, 3.63) is 23.8 Å². The van der Waals surface area contributed by atoms with Gasteiger partial charge in [0.1, 0.15) is 0 Å². The fourth-order valence-electron chi connectivity index (χ4n) is 1.84. The lowest BCUT2D eigenvalue weighted by molar-refractivity contribution is -0.116. The first kappa shape index (κ1) is 13.1. The summed E-state index contributed by atoms with van der Waals surface area (Å²) in [6.07, 6.45) is 0.367. The summed E-state index contributed by atoms with van der Waals surface area (Å²) in [5.74, 6) is -0.418. The Labute approximate surface area is 110 Å². The fraction of sp³-hybridized carbons (Fsp3) is 0.308. The summed E-state index contributed by atoms with van der Waals surface area (Å²) in [7, 11) is 0. The van der Waals surface area contributed by atoms with E-state index in [0.717, 1.165) is 10.5 Å². The van der Waals surface area contributed by atoms with E-state index in [9.17, 15) is 14.4 Å². The van der Waals surface area contributed by atoms with Crippen molar-refractivity contribution < 1.29 is 14.4 Å². The second kappa shape index (κ2) is 5.09. The van der Waals surface area contributed by atoms with E-state index >= 15 is 0 Å². The van der Waals surface area contributed by atoms with E-state index in [4.69, 9.17) is 0 Å². The molecule has 0 saturated carbocycles. The maximum Gasteiger partial charge on any atom is 0.329 e. The first-order chi connectivity index (χ1) is 9.02. The third-order valence-electron chi connectivity index (χ3n) is 2.90. The lowest BCUT2D eigenvalue weighted by Crippen LogP contribution is -2.31. The van der Waals surface area contributed by atoms with Crippen LogP contribution in [0.5, 0.6) is 0 Å². The SMILES string of the molecule is CCC(=O)Nc1ccc(C)c(N2C(=O)CNC2=O)c1. The molecule has 1 aliphatic heterocycles. The highest BCUT2D eigenvalue weighted by atomic mass is 16.2. The summed E-state index contributed by atoms with van der Waals surface area (Å²) in [4.78, 5) is 35.8. The molecule has 0 atom stereocenters. The molecule has 0 aromatic heterocycles. The molecular weight excluding hydrogens is 246 g/mol. The molecule has 1 aliphatic rings. The first-order valence-electron chi connectivity index (χ1n) is 6.04. The molecular formula is C13H15N3O3. The van der Waals surface area contributed by atoms with Crippen molar-refractivity contribution in [3.8, 4) is 0 Å². The number of hydrogen-bond acceptors (Lipinski definition) is 3. The number of carbonyl (C=O) groups is 3. The fourth-order valence-corrected chi connectivity index (χ4v) is 1.84. The Bertz CT molecular complexity index is 538. The van der Waals surface area contributed by atoms with Gasteiger partial charge in [-0.2, -0.15) is 0 Å². The molecule has 1 heterocycles. The van der Waals surface area contributed by atoms with Gasteiger partial charge in [0, 0.05) is 12.1 Å². The Hall–Kier alpha value is -2.37. The van der Waals surface area contributed by atoms with Gasteiger partial charge in [0.05, 0.1) is 12.2 Å². The smallest absolute Gasteiger partial charge is 0.328 e. The highest BCUT2D eigenvalue weighted by Crippen LogP contribution is 2.26. The van der Waals surface area contributed by atoms with Gasteiger partial charge in [-0.15, -0.1) is 0 Å². The molecule has 4 amide bonds. The molecule has 0 bridgehead atoms. The second-order valence-electron chi connectivity index (χ2n) is 4.29. The van der Waals surface area contributed by atoms with Crippen LogP contribution in [-0.2, 0) is 9.59 Å². The van der Waals surface area contributed by atoms with Gasteiger partial charge in [0.2, 0.25) is 5.91 Å². The Morgan fingerprint density at radius 1 is 1.42 bits per heavy atom. The largest absolute Gasteiger partial charge is 0.329 e. The minimum Gasteiger partial charge on any atom is -0.328 e. The summed E-state index contributed by atoms with van der Waals surface area (Å²) >= 11 is 0. The number of amides is 4. The van der Waals surface area contributed by atoms with Crippen LogP contribution in [0.4, 0.5) is 16.2 Å². The number of urea groups is 1. The molecule has 0 aliphatic carbocycles. The maximum atomic E-state index is 11.7. The molecule has 0 unspecified atom stereocenters. The van der Waals surface area contributed by atoms with Crippen LogP contribution in [0.1, 0.15) is 18.9 Å². The number of hydrogen-bond donors (Lipinski definition) is 2. The Morgan fingerprint density at radius 3 is 2.74 bits per heavy atom. The van der Waals surface area contributed by atoms with E-state index in [2.05, 4.69) is 10.6 Å². The monoisotopic (exact) mass is 261 g/mol. The second-order valence-corrected chi connectivity index (χ2v) is 4.29. The maximum absolute atomic E-state index is 11.7. The molecule has 2 N–H and O–H groups in total. The zero-order valence-electron chi connectivity index (χ0n) is 10.8. The van der Waals surface area contributed by atoms with Gasteiger partial charge >= 0.3 is 6.03 Å². The Morgan fingerprint density at radius 2 is 2.16 bits per heavy atom. The van der Waals surface area contributed by atoms with Gasteiger partial charge in [-0.3, -0.25) is 9.59 Å². The number of benzene rings is 1. The number of nitrogens with one attached hydrogen (secondary N) is 2. The van der Waals surface area contributed by atoms with Gasteiger partial charge < -0.3 is 10.6 Å². The molecule has 19 heavy (non-hydrogen) atoms.